The monoisotopic (exact) mass is 335 g/mol. The second kappa shape index (κ2) is 10.1. The number of hydrogen-bond donors (Lipinski definition) is 2. The molecule has 0 amide bonds. The maximum atomic E-state index is 13.0. The van der Waals surface area contributed by atoms with Gasteiger partial charge in [0.05, 0.1) is 0 Å². The Kier molecular flexibility index (Phi) is 8.16. The Hall–Kier alpha value is -0.970. The van der Waals surface area contributed by atoms with Gasteiger partial charge in [-0.3, -0.25) is 0 Å². The molecule has 1 aromatic rings. The van der Waals surface area contributed by atoms with E-state index in [1.54, 1.807) is 12.1 Å². The van der Waals surface area contributed by atoms with E-state index in [9.17, 15) is 4.39 Å². The van der Waals surface area contributed by atoms with Crippen molar-refractivity contribution in [2.75, 3.05) is 26.7 Å². The van der Waals surface area contributed by atoms with Crippen molar-refractivity contribution >= 4 is 0 Å². The molecule has 0 bridgehead atoms. The second-order valence-corrected chi connectivity index (χ2v) is 7.26. The number of rotatable bonds is 9. The molecule has 1 saturated carbocycles. The van der Waals surface area contributed by atoms with Gasteiger partial charge in [-0.15, -0.1) is 0 Å². The summed E-state index contributed by atoms with van der Waals surface area (Å²) in [7, 11) is 2.08. The van der Waals surface area contributed by atoms with E-state index in [4.69, 9.17) is 5.73 Å². The van der Waals surface area contributed by atoms with E-state index in [0.717, 1.165) is 45.3 Å². The van der Waals surface area contributed by atoms with Crippen LogP contribution in [0.1, 0.15) is 44.6 Å². The van der Waals surface area contributed by atoms with Gasteiger partial charge in [0.15, 0.2) is 0 Å². The van der Waals surface area contributed by atoms with Crippen LogP contribution in [0.2, 0.25) is 0 Å². The minimum atomic E-state index is -0.155. The maximum absolute atomic E-state index is 13.0. The lowest BCUT2D eigenvalue weighted by Crippen LogP contribution is -2.47. The van der Waals surface area contributed by atoms with Crippen LogP contribution in [0.4, 0.5) is 4.39 Å². The number of nitrogens with two attached hydrogens (primary N) is 1. The molecule has 0 heterocycles. The Morgan fingerprint density at radius 3 is 2.62 bits per heavy atom. The van der Waals surface area contributed by atoms with Crippen molar-refractivity contribution in [3.05, 3.63) is 35.6 Å². The van der Waals surface area contributed by atoms with Gasteiger partial charge in [-0.25, -0.2) is 4.39 Å². The summed E-state index contributed by atoms with van der Waals surface area (Å²) in [5, 5.41) is 3.49. The Bertz CT molecular complexity index is 462. The molecular formula is C20H34FN3. The van der Waals surface area contributed by atoms with Gasteiger partial charge in [-0.1, -0.05) is 19.1 Å². The van der Waals surface area contributed by atoms with Crippen molar-refractivity contribution in [2.45, 2.75) is 57.5 Å². The molecule has 3 nitrogen and oxygen atoms in total. The van der Waals surface area contributed by atoms with Crippen LogP contribution in [0.15, 0.2) is 24.3 Å². The fourth-order valence-corrected chi connectivity index (χ4v) is 3.98. The summed E-state index contributed by atoms with van der Waals surface area (Å²) in [6.07, 6.45) is 6.77. The maximum Gasteiger partial charge on any atom is 0.123 e. The highest BCUT2D eigenvalue weighted by atomic mass is 19.1. The molecule has 0 aliphatic heterocycles. The number of hydrogen-bond acceptors (Lipinski definition) is 3. The lowest BCUT2D eigenvalue weighted by atomic mass is 9.81. The zero-order valence-corrected chi connectivity index (χ0v) is 15.3. The number of nitrogens with one attached hydrogen (secondary N) is 1. The van der Waals surface area contributed by atoms with Crippen LogP contribution in [-0.2, 0) is 6.42 Å². The van der Waals surface area contributed by atoms with Gasteiger partial charge in [0, 0.05) is 18.6 Å². The largest absolute Gasteiger partial charge is 0.328 e. The molecule has 1 aliphatic rings. The standard InChI is InChI=1S/C20H34FN3/c1-3-12-24(13-4-5-16-6-8-18(21)9-7-16)15-17-14-19(22)10-11-20(17)23-2/h6-9,17,19-20,23H,3-5,10-15,22H2,1-2H3/t17-,19+,20+/m0/s1. The summed E-state index contributed by atoms with van der Waals surface area (Å²) in [4.78, 5) is 2.59. The Balaban J connectivity index is 1.82. The molecule has 24 heavy (non-hydrogen) atoms. The Morgan fingerprint density at radius 1 is 1.21 bits per heavy atom. The van der Waals surface area contributed by atoms with E-state index in [2.05, 4.69) is 24.2 Å². The predicted octanol–water partition coefficient (Wildman–Crippen LogP) is 3.19. The molecule has 0 radical (unpaired) electrons. The first-order valence-corrected chi connectivity index (χ1v) is 9.52. The van der Waals surface area contributed by atoms with E-state index in [1.807, 2.05) is 12.1 Å². The molecule has 0 saturated heterocycles. The van der Waals surface area contributed by atoms with Crippen molar-refractivity contribution in [3.8, 4) is 0 Å². The lowest BCUT2D eigenvalue weighted by Gasteiger charge is -2.38. The van der Waals surface area contributed by atoms with Crippen LogP contribution in [0.25, 0.3) is 0 Å². The minimum Gasteiger partial charge on any atom is -0.328 e. The third kappa shape index (κ3) is 6.15. The first kappa shape index (κ1) is 19.4. The highest BCUT2D eigenvalue weighted by Crippen LogP contribution is 2.25. The van der Waals surface area contributed by atoms with Gasteiger partial charge in [-0.05, 0) is 82.3 Å². The number of benzene rings is 1. The molecule has 1 aromatic carbocycles. The predicted molar refractivity (Wildman–Crippen MR) is 99.6 cm³/mol. The summed E-state index contributed by atoms with van der Waals surface area (Å²) in [5.74, 6) is 0.495. The first-order valence-electron chi connectivity index (χ1n) is 9.52. The second-order valence-electron chi connectivity index (χ2n) is 7.26. The average Bonchev–Trinajstić information content (AvgIpc) is 2.57. The van der Waals surface area contributed by atoms with Gasteiger partial charge in [0.1, 0.15) is 5.82 Å². The van der Waals surface area contributed by atoms with Crippen molar-refractivity contribution in [3.63, 3.8) is 0 Å². The van der Waals surface area contributed by atoms with Crippen molar-refractivity contribution < 1.29 is 4.39 Å². The topological polar surface area (TPSA) is 41.3 Å². The van der Waals surface area contributed by atoms with Crippen LogP contribution in [-0.4, -0.2) is 43.7 Å². The first-order chi connectivity index (χ1) is 11.6. The summed E-state index contributed by atoms with van der Waals surface area (Å²) in [6, 6.07) is 7.87. The van der Waals surface area contributed by atoms with Crippen LogP contribution < -0.4 is 11.1 Å². The molecule has 2 rings (SSSR count). The molecule has 1 fully saturated rings. The van der Waals surface area contributed by atoms with Crippen molar-refractivity contribution in [1.29, 1.82) is 0 Å². The Morgan fingerprint density at radius 2 is 1.96 bits per heavy atom. The normalized spacial score (nSPS) is 24.5. The summed E-state index contributed by atoms with van der Waals surface area (Å²) in [5.41, 5.74) is 7.43. The molecule has 1 aliphatic carbocycles. The van der Waals surface area contributed by atoms with E-state index in [1.165, 1.54) is 18.4 Å². The minimum absolute atomic E-state index is 0.155. The SMILES string of the molecule is CCCN(CCCc1ccc(F)cc1)C[C@@H]1C[C@H](N)CC[C@H]1NC. The van der Waals surface area contributed by atoms with E-state index < -0.39 is 0 Å². The summed E-state index contributed by atoms with van der Waals surface area (Å²) in [6.45, 7) is 5.63. The van der Waals surface area contributed by atoms with Crippen molar-refractivity contribution in [1.82, 2.24) is 10.2 Å². The fraction of sp³-hybridized carbons (Fsp3) is 0.700. The third-order valence-electron chi connectivity index (χ3n) is 5.28. The molecule has 0 spiro atoms. The molecule has 136 valence electrons. The zero-order chi connectivity index (χ0) is 17.4. The van der Waals surface area contributed by atoms with Crippen LogP contribution in [0.3, 0.4) is 0 Å². The molecule has 0 unspecified atom stereocenters. The van der Waals surface area contributed by atoms with E-state index >= 15 is 0 Å². The molecular weight excluding hydrogens is 301 g/mol. The molecule has 3 N–H and O–H groups in total. The molecule has 3 atom stereocenters. The zero-order valence-electron chi connectivity index (χ0n) is 15.3. The van der Waals surface area contributed by atoms with E-state index in [0.29, 0.717) is 18.0 Å². The summed E-state index contributed by atoms with van der Waals surface area (Å²) >= 11 is 0. The summed E-state index contributed by atoms with van der Waals surface area (Å²) < 4.78 is 13.0. The third-order valence-corrected chi connectivity index (χ3v) is 5.28. The van der Waals surface area contributed by atoms with Crippen LogP contribution >= 0.6 is 0 Å². The fourth-order valence-electron chi connectivity index (χ4n) is 3.98. The van der Waals surface area contributed by atoms with Gasteiger partial charge >= 0.3 is 0 Å². The van der Waals surface area contributed by atoms with Gasteiger partial charge in [0.2, 0.25) is 0 Å². The van der Waals surface area contributed by atoms with Crippen molar-refractivity contribution in [2.24, 2.45) is 11.7 Å². The highest BCUT2D eigenvalue weighted by molar-refractivity contribution is 5.16. The number of nitrogens with zero attached hydrogens (tertiary/aromatic N) is 1. The van der Waals surface area contributed by atoms with Gasteiger partial charge in [0.25, 0.3) is 0 Å². The lowest BCUT2D eigenvalue weighted by molar-refractivity contribution is 0.161. The van der Waals surface area contributed by atoms with Gasteiger partial charge in [-0.2, -0.15) is 0 Å². The smallest absolute Gasteiger partial charge is 0.123 e. The average molecular weight is 336 g/mol. The molecule has 0 aromatic heterocycles. The van der Waals surface area contributed by atoms with E-state index in [-0.39, 0.29) is 5.82 Å². The number of aryl methyl sites for hydroxylation is 1. The quantitative estimate of drug-likeness (QED) is 0.728. The number of halogens is 1. The van der Waals surface area contributed by atoms with Crippen LogP contribution in [0, 0.1) is 11.7 Å². The van der Waals surface area contributed by atoms with Crippen LogP contribution in [0.5, 0.6) is 0 Å². The molecule has 4 heteroatoms. The van der Waals surface area contributed by atoms with Gasteiger partial charge < -0.3 is 16.0 Å². The highest BCUT2D eigenvalue weighted by Gasteiger charge is 2.29. The Labute approximate surface area is 146 Å².